The Morgan fingerprint density at radius 3 is 2.30 bits per heavy atom. The van der Waals surface area contributed by atoms with Crippen LogP contribution in [0.2, 0.25) is 10.0 Å². The van der Waals surface area contributed by atoms with Crippen LogP contribution in [0.25, 0.3) is 10.4 Å². The van der Waals surface area contributed by atoms with Gasteiger partial charge in [0.05, 0.1) is 64.9 Å². The van der Waals surface area contributed by atoms with Gasteiger partial charge in [-0.2, -0.15) is 0 Å². The number of hydrogen-bond acceptors (Lipinski definition) is 14. The zero-order chi connectivity index (χ0) is 56.9. The first-order chi connectivity index (χ1) is 37.4. The first-order valence-corrected chi connectivity index (χ1v) is 28.4. The van der Waals surface area contributed by atoms with Crippen LogP contribution in [0.5, 0.6) is 5.75 Å². The predicted octanol–water partition coefficient (Wildman–Crippen LogP) is 7.97. The minimum atomic E-state index is -1.16. The molecule has 2 aromatic heterocycles. The third kappa shape index (κ3) is 14.8. The van der Waals surface area contributed by atoms with E-state index < -0.39 is 52.4 Å². The van der Waals surface area contributed by atoms with Crippen molar-refractivity contribution in [1.82, 2.24) is 35.0 Å². The molecular weight excluding hydrogens is 1070 g/mol. The standard InChI is InChI=1S/C58H74Cl2N8O10S/c1-37(39-10-12-40(13-11-39)50-38(2)62-36-79-50)63-52(71)48-29-43(69)30-68(48)53(72)51(55(3,4)5)64-49(70)33-76-56(6,7)20-27-75-57(8,9)54(73)67-25-23-66(24-26-67)42-15-17-44(18-16-42)74-31-45-32-77-58(78-45,34-65-22-21-61-35-65)46-19-14-41(59)28-47(46)60/h10-19,21-22,28,35-37,43,45,48,51,69H,20,23-27,29-34H2,1-9H3,(H,63,71)(H,64,70)/t37-,43+,45-,48-,51?,58-/m0/s1. The van der Waals surface area contributed by atoms with Crippen molar-refractivity contribution in [3.63, 3.8) is 0 Å². The number of aliphatic hydroxyl groups is 1. The summed E-state index contributed by atoms with van der Waals surface area (Å²) >= 11 is 14.4. The number of hydrogen-bond donors (Lipinski definition) is 3. The fraction of sp³-hybridized carbons (Fsp3) is 0.517. The molecule has 0 aliphatic carbocycles. The summed E-state index contributed by atoms with van der Waals surface area (Å²) in [6.45, 7) is 19.5. The van der Waals surface area contributed by atoms with Gasteiger partial charge in [0.25, 0.3) is 5.91 Å². The molecule has 6 atom stereocenters. The third-order valence-electron chi connectivity index (χ3n) is 14.7. The van der Waals surface area contributed by atoms with Gasteiger partial charge in [0.15, 0.2) is 0 Å². The second kappa shape index (κ2) is 25.0. The lowest BCUT2D eigenvalue weighted by atomic mass is 9.85. The molecule has 0 spiro atoms. The highest BCUT2D eigenvalue weighted by molar-refractivity contribution is 7.13. The number of likely N-dealkylation sites (tertiary alicyclic amines) is 1. The maximum atomic E-state index is 14.3. The quantitative estimate of drug-likeness (QED) is 0.0640. The van der Waals surface area contributed by atoms with Crippen LogP contribution < -0.4 is 20.3 Å². The highest BCUT2D eigenvalue weighted by Crippen LogP contribution is 2.41. The Hall–Kier alpha value is -5.64. The molecule has 5 heterocycles. The summed E-state index contributed by atoms with van der Waals surface area (Å²) in [5.74, 6) is -1.96. The third-order valence-corrected chi connectivity index (χ3v) is 16.2. The van der Waals surface area contributed by atoms with Crippen LogP contribution in [0.3, 0.4) is 0 Å². The van der Waals surface area contributed by atoms with Crippen molar-refractivity contribution in [3.05, 3.63) is 118 Å². The number of β-amino-alcohol motifs (C(OH)–C–C–N with tert-alkyl or cyclic N) is 1. The smallest absolute Gasteiger partial charge is 0.254 e. The Labute approximate surface area is 477 Å². The lowest BCUT2D eigenvalue weighted by Crippen LogP contribution is -2.58. The second-order valence-corrected chi connectivity index (χ2v) is 24.5. The summed E-state index contributed by atoms with van der Waals surface area (Å²) in [6, 6.07) is 18.7. The van der Waals surface area contributed by atoms with E-state index in [1.807, 2.05) is 124 Å². The van der Waals surface area contributed by atoms with Gasteiger partial charge >= 0.3 is 0 Å². The van der Waals surface area contributed by atoms with Crippen molar-refractivity contribution < 1.29 is 48.0 Å². The minimum Gasteiger partial charge on any atom is -0.491 e. The number of anilines is 1. The average molecular weight is 1150 g/mol. The van der Waals surface area contributed by atoms with Crippen LogP contribution in [-0.4, -0.2) is 148 Å². The summed E-state index contributed by atoms with van der Waals surface area (Å²) in [5, 5.41) is 17.6. The fourth-order valence-electron chi connectivity index (χ4n) is 10.0. The number of aliphatic hydroxyl groups excluding tert-OH is 1. The fourth-order valence-corrected chi connectivity index (χ4v) is 11.4. The molecule has 426 valence electrons. The average Bonchev–Trinajstić information content (AvgIpc) is 4.41. The van der Waals surface area contributed by atoms with Crippen molar-refractivity contribution in [2.45, 2.75) is 129 Å². The number of nitrogens with zero attached hydrogens (tertiary/aromatic N) is 6. The van der Waals surface area contributed by atoms with Crippen molar-refractivity contribution in [2.24, 2.45) is 5.41 Å². The molecule has 21 heteroatoms. The number of ether oxygens (including phenoxy) is 5. The first kappa shape index (κ1) is 59.5. The van der Waals surface area contributed by atoms with E-state index in [1.54, 1.807) is 49.8 Å². The van der Waals surface area contributed by atoms with E-state index in [2.05, 4.69) is 25.5 Å². The van der Waals surface area contributed by atoms with Crippen LogP contribution in [0.1, 0.15) is 91.1 Å². The number of aromatic nitrogens is 3. The van der Waals surface area contributed by atoms with Crippen LogP contribution in [0.4, 0.5) is 5.69 Å². The second-order valence-electron chi connectivity index (χ2n) is 22.8. The molecule has 4 amide bonds. The summed E-state index contributed by atoms with van der Waals surface area (Å²) < 4.78 is 33.2. The molecule has 79 heavy (non-hydrogen) atoms. The van der Waals surface area contributed by atoms with Crippen LogP contribution >= 0.6 is 34.5 Å². The molecule has 0 radical (unpaired) electrons. The first-order valence-electron chi connectivity index (χ1n) is 26.8. The number of amides is 4. The van der Waals surface area contributed by atoms with Crippen molar-refractivity contribution >= 4 is 63.9 Å². The monoisotopic (exact) mass is 1140 g/mol. The Bertz CT molecular complexity index is 2890. The molecule has 3 N–H and O–H groups in total. The largest absolute Gasteiger partial charge is 0.491 e. The molecule has 0 saturated carbocycles. The number of carbonyl (C=O) groups excluding carboxylic acids is 4. The number of thiazole rings is 1. The molecule has 0 bridgehead atoms. The zero-order valence-electron chi connectivity index (χ0n) is 46.5. The van der Waals surface area contributed by atoms with E-state index in [0.29, 0.717) is 67.1 Å². The molecular formula is C58H74Cl2N8O10S. The SMILES string of the molecule is Cc1ncsc1-c1ccc([C@H](C)NC(=O)[C@@H]2C[C@@H](O)CN2C(=O)C(NC(=O)COC(C)(C)CCOC(C)(C)C(=O)N2CCN(c3ccc(OC[C@H]4CO[C@](Cn5ccnc5)(c5ccc(Cl)cc5Cl)O4)cc3)CC2)C(C)(C)C)cc1. The van der Waals surface area contributed by atoms with Crippen molar-refractivity contribution in [2.75, 3.05) is 64.1 Å². The topological polar surface area (TPSA) is 199 Å². The van der Waals surface area contributed by atoms with E-state index in [0.717, 1.165) is 27.4 Å². The number of aryl methyl sites for hydroxylation is 1. The van der Waals surface area contributed by atoms with Gasteiger partial charge in [-0.15, -0.1) is 11.3 Å². The number of halogens is 2. The van der Waals surface area contributed by atoms with Gasteiger partial charge in [-0.1, -0.05) is 74.3 Å². The van der Waals surface area contributed by atoms with E-state index in [1.165, 1.54) is 4.90 Å². The zero-order valence-corrected chi connectivity index (χ0v) is 48.8. The number of carbonyl (C=O) groups is 4. The van der Waals surface area contributed by atoms with Gasteiger partial charge < -0.3 is 58.7 Å². The summed E-state index contributed by atoms with van der Waals surface area (Å²) in [7, 11) is 0. The van der Waals surface area contributed by atoms with E-state index in [4.69, 9.17) is 46.9 Å². The van der Waals surface area contributed by atoms with Crippen LogP contribution in [-0.2, 0) is 50.5 Å². The molecule has 8 rings (SSSR count). The van der Waals surface area contributed by atoms with Gasteiger partial charge in [-0.05, 0) is 101 Å². The van der Waals surface area contributed by atoms with Gasteiger partial charge in [0, 0.05) is 67.8 Å². The molecule has 3 aromatic carbocycles. The van der Waals surface area contributed by atoms with Crippen LogP contribution in [0.15, 0.2) is 91.0 Å². The number of piperazine rings is 1. The van der Waals surface area contributed by atoms with Gasteiger partial charge in [-0.3, -0.25) is 19.2 Å². The molecule has 3 saturated heterocycles. The van der Waals surface area contributed by atoms with Crippen molar-refractivity contribution in [1.29, 1.82) is 0 Å². The predicted molar refractivity (Wildman–Crippen MR) is 303 cm³/mol. The maximum absolute atomic E-state index is 14.3. The highest BCUT2D eigenvalue weighted by atomic mass is 35.5. The normalized spacial score (nSPS) is 20.8. The minimum absolute atomic E-state index is 0.0446. The summed E-state index contributed by atoms with van der Waals surface area (Å²) in [5.41, 5.74) is 3.67. The molecule has 5 aromatic rings. The summed E-state index contributed by atoms with van der Waals surface area (Å²) in [6.07, 6.45) is 4.38. The maximum Gasteiger partial charge on any atom is 0.254 e. The van der Waals surface area contributed by atoms with Crippen molar-refractivity contribution in [3.8, 4) is 16.2 Å². The lowest BCUT2D eigenvalue weighted by Gasteiger charge is -2.39. The molecule has 3 aliphatic heterocycles. The van der Waals surface area contributed by atoms with E-state index >= 15 is 0 Å². The highest BCUT2D eigenvalue weighted by Gasteiger charge is 2.47. The Kier molecular flexibility index (Phi) is 18.8. The number of rotatable bonds is 21. The lowest BCUT2D eigenvalue weighted by molar-refractivity contribution is -0.189. The number of imidazole rings is 1. The Morgan fingerprint density at radius 2 is 1.66 bits per heavy atom. The molecule has 3 fully saturated rings. The Morgan fingerprint density at radius 1 is 0.937 bits per heavy atom. The summed E-state index contributed by atoms with van der Waals surface area (Å²) in [4.78, 5) is 70.4. The van der Waals surface area contributed by atoms with E-state index in [-0.39, 0.29) is 56.7 Å². The number of benzene rings is 3. The van der Waals surface area contributed by atoms with Gasteiger partial charge in [0.1, 0.15) is 42.8 Å². The molecule has 3 aliphatic rings. The molecule has 1 unspecified atom stereocenters. The Balaban J connectivity index is 0.755. The van der Waals surface area contributed by atoms with E-state index in [9.17, 15) is 24.3 Å². The van der Waals surface area contributed by atoms with Gasteiger partial charge in [0.2, 0.25) is 23.5 Å². The molecule has 18 nitrogen and oxygen atoms in total. The van der Waals surface area contributed by atoms with Gasteiger partial charge in [-0.25, -0.2) is 9.97 Å². The van der Waals surface area contributed by atoms with Crippen LogP contribution in [0, 0.1) is 12.3 Å². The number of nitrogens with one attached hydrogen (secondary N) is 2.